The molecule has 0 fully saturated rings. The molecule has 0 N–H and O–H groups in total. The first-order chi connectivity index (χ1) is 13.1. The van der Waals surface area contributed by atoms with E-state index in [1.165, 1.54) is 22.0 Å². The van der Waals surface area contributed by atoms with E-state index < -0.39 is 0 Å². The number of halogens is 1. The average molecular weight is 379 g/mol. The molecule has 4 aromatic heterocycles. The topological polar surface area (TPSA) is 95.8 Å². The number of benzene rings is 1. The lowest BCUT2D eigenvalue weighted by molar-refractivity contribution is 0.632. The van der Waals surface area contributed by atoms with Gasteiger partial charge in [0.25, 0.3) is 11.3 Å². The van der Waals surface area contributed by atoms with E-state index in [0.717, 1.165) is 5.56 Å². The largest absolute Gasteiger partial charge is 0.281 e. The molecular formula is C17H11ClN8O. The first kappa shape index (κ1) is 15.6. The van der Waals surface area contributed by atoms with E-state index in [4.69, 9.17) is 11.6 Å². The zero-order chi connectivity index (χ0) is 18.5. The molecule has 0 aliphatic rings. The summed E-state index contributed by atoms with van der Waals surface area (Å²) in [7, 11) is 0. The van der Waals surface area contributed by atoms with Crippen LogP contribution in [0.5, 0.6) is 0 Å². The zero-order valence-electron chi connectivity index (χ0n) is 14.0. The summed E-state index contributed by atoms with van der Waals surface area (Å²) in [6, 6.07) is 8.95. The molecule has 0 saturated heterocycles. The van der Waals surface area contributed by atoms with Crippen molar-refractivity contribution in [3.05, 3.63) is 70.4 Å². The monoisotopic (exact) mass is 378 g/mol. The second-order valence-electron chi connectivity index (χ2n) is 5.91. The Bertz CT molecular complexity index is 1350. The van der Waals surface area contributed by atoms with E-state index >= 15 is 0 Å². The van der Waals surface area contributed by atoms with Crippen LogP contribution in [-0.4, -0.2) is 39.1 Å². The Morgan fingerprint density at radius 1 is 1.00 bits per heavy atom. The highest BCUT2D eigenvalue weighted by Gasteiger charge is 2.18. The molecule has 5 aromatic rings. The molecule has 0 aliphatic carbocycles. The molecule has 0 saturated carbocycles. The molecule has 27 heavy (non-hydrogen) atoms. The van der Waals surface area contributed by atoms with Crippen molar-refractivity contribution in [2.75, 3.05) is 0 Å². The molecule has 0 aliphatic heterocycles. The second-order valence-corrected chi connectivity index (χ2v) is 6.34. The van der Waals surface area contributed by atoms with Crippen LogP contribution in [0.25, 0.3) is 27.9 Å². The minimum absolute atomic E-state index is 0.278. The highest BCUT2D eigenvalue weighted by Crippen LogP contribution is 2.27. The van der Waals surface area contributed by atoms with Gasteiger partial charge in [0.2, 0.25) is 0 Å². The van der Waals surface area contributed by atoms with Gasteiger partial charge in [-0.3, -0.25) is 4.79 Å². The number of hydrogen-bond donors (Lipinski definition) is 0. The average Bonchev–Trinajstić information content (AvgIpc) is 3.30. The molecule has 132 valence electrons. The van der Waals surface area contributed by atoms with Gasteiger partial charge in [0, 0.05) is 16.8 Å². The van der Waals surface area contributed by atoms with Crippen LogP contribution in [0.1, 0.15) is 5.82 Å². The zero-order valence-corrected chi connectivity index (χ0v) is 14.7. The highest BCUT2D eigenvalue weighted by molar-refractivity contribution is 6.30. The summed E-state index contributed by atoms with van der Waals surface area (Å²) in [5, 5.41) is 13.0. The maximum absolute atomic E-state index is 13.3. The van der Waals surface area contributed by atoms with Crippen LogP contribution in [0.15, 0.2) is 54.0 Å². The molecule has 9 nitrogen and oxygen atoms in total. The van der Waals surface area contributed by atoms with Crippen molar-refractivity contribution in [3.8, 4) is 11.3 Å². The minimum atomic E-state index is -0.278. The molecule has 0 radical (unpaired) electrons. The van der Waals surface area contributed by atoms with E-state index in [1.54, 1.807) is 35.8 Å². The number of fused-ring (bicyclic) bond motifs is 2. The number of nitrogens with zero attached hydrogens (tertiary/aromatic N) is 8. The summed E-state index contributed by atoms with van der Waals surface area (Å²) in [6.45, 7) is 1.78. The highest BCUT2D eigenvalue weighted by atomic mass is 35.5. The third-order valence-electron chi connectivity index (χ3n) is 4.19. The molecule has 5 rings (SSSR count). The van der Waals surface area contributed by atoms with E-state index in [9.17, 15) is 4.79 Å². The number of hydrogen-bond acceptors (Lipinski definition) is 6. The first-order valence-corrected chi connectivity index (χ1v) is 8.39. The molecule has 0 amide bonds. The Morgan fingerprint density at radius 3 is 2.48 bits per heavy atom. The van der Waals surface area contributed by atoms with Gasteiger partial charge in [-0.25, -0.2) is 14.3 Å². The van der Waals surface area contributed by atoms with Gasteiger partial charge in [0.05, 0.1) is 16.6 Å². The number of pyridine rings is 1. The van der Waals surface area contributed by atoms with Crippen molar-refractivity contribution in [1.29, 1.82) is 0 Å². The SMILES string of the molecule is Cc1nc2nc3ccn(-n4cnnc4)c(=O)c3c(-c3ccc(Cl)cc3)n2n1. The van der Waals surface area contributed by atoms with Gasteiger partial charge in [0.15, 0.2) is 0 Å². The Kier molecular flexibility index (Phi) is 3.31. The van der Waals surface area contributed by atoms with E-state index in [0.29, 0.717) is 33.2 Å². The van der Waals surface area contributed by atoms with E-state index in [-0.39, 0.29) is 5.56 Å². The minimum Gasteiger partial charge on any atom is -0.267 e. The summed E-state index contributed by atoms with van der Waals surface area (Å²) in [6.07, 6.45) is 4.51. The summed E-state index contributed by atoms with van der Waals surface area (Å²) >= 11 is 6.03. The Labute approximate surface area is 156 Å². The van der Waals surface area contributed by atoms with Crippen LogP contribution >= 0.6 is 11.6 Å². The van der Waals surface area contributed by atoms with Crippen molar-refractivity contribution in [1.82, 2.24) is 39.1 Å². The van der Waals surface area contributed by atoms with Crippen LogP contribution < -0.4 is 5.56 Å². The van der Waals surface area contributed by atoms with Gasteiger partial charge in [-0.15, -0.1) is 15.3 Å². The molecular weight excluding hydrogens is 368 g/mol. The third-order valence-corrected chi connectivity index (χ3v) is 4.44. The van der Waals surface area contributed by atoms with Gasteiger partial charge in [-0.1, -0.05) is 23.7 Å². The molecule has 0 bridgehead atoms. The number of rotatable bonds is 2. The van der Waals surface area contributed by atoms with Gasteiger partial charge in [-0.05, 0) is 25.1 Å². The van der Waals surface area contributed by atoms with Crippen LogP contribution in [0.2, 0.25) is 5.02 Å². The Balaban J connectivity index is 1.96. The molecule has 0 spiro atoms. The van der Waals surface area contributed by atoms with Crippen molar-refractivity contribution >= 4 is 28.3 Å². The van der Waals surface area contributed by atoms with Crippen LogP contribution in [0, 0.1) is 6.92 Å². The summed E-state index contributed by atoms with van der Waals surface area (Å²) in [5.74, 6) is 0.985. The summed E-state index contributed by atoms with van der Waals surface area (Å²) in [4.78, 5) is 22.1. The van der Waals surface area contributed by atoms with Crippen molar-refractivity contribution in [2.24, 2.45) is 0 Å². The summed E-state index contributed by atoms with van der Waals surface area (Å²) in [5.41, 5.74) is 1.62. The second kappa shape index (κ2) is 5.71. The fourth-order valence-electron chi connectivity index (χ4n) is 3.03. The Hall–Kier alpha value is -3.59. The lowest BCUT2D eigenvalue weighted by Gasteiger charge is -2.11. The van der Waals surface area contributed by atoms with Crippen molar-refractivity contribution in [3.63, 3.8) is 0 Å². The lowest BCUT2D eigenvalue weighted by atomic mass is 10.1. The standard InChI is InChI=1S/C17H11ClN8O/c1-10-21-17-22-13-6-7-25(24-8-19-20-9-24)16(27)14(13)15(26(17)23-10)11-2-4-12(18)5-3-11/h2-9H,1H3. The maximum atomic E-state index is 13.3. The van der Waals surface area contributed by atoms with Crippen LogP contribution in [0.3, 0.4) is 0 Å². The maximum Gasteiger partial charge on any atom is 0.281 e. The Morgan fingerprint density at radius 2 is 1.74 bits per heavy atom. The van der Waals surface area contributed by atoms with Gasteiger partial charge in [0.1, 0.15) is 18.5 Å². The fourth-order valence-corrected chi connectivity index (χ4v) is 3.16. The van der Waals surface area contributed by atoms with Crippen molar-refractivity contribution in [2.45, 2.75) is 6.92 Å². The van der Waals surface area contributed by atoms with Crippen molar-refractivity contribution < 1.29 is 0 Å². The van der Waals surface area contributed by atoms with Crippen LogP contribution in [-0.2, 0) is 0 Å². The molecule has 0 unspecified atom stereocenters. The predicted octanol–water partition coefficient (Wildman–Crippen LogP) is 1.97. The van der Waals surface area contributed by atoms with Gasteiger partial charge in [-0.2, -0.15) is 9.50 Å². The van der Waals surface area contributed by atoms with E-state index in [1.807, 2.05) is 12.1 Å². The lowest BCUT2D eigenvalue weighted by Crippen LogP contribution is -2.25. The molecule has 10 heteroatoms. The fraction of sp³-hybridized carbons (Fsp3) is 0.0588. The predicted molar refractivity (Wildman–Crippen MR) is 98.5 cm³/mol. The normalized spacial score (nSPS) is 11.5. The molecule has 4 heterocycles. The third kappa shape index (κ3) is 2.40. The molecule has 0 atom stereocenters. The van der Waals surface area contributed by atoms with E-state index in [2.05, 4.69) is 25.3 Å². The quantitative estimate of drug-likeness (QED) is 0.466. The first-order valence-electron chi connectivity index (χ1n) is 8.02. The number of aromatic nitrogens is 8. The smallest absolute Gasteiger partial charge is 0.267 e. The van der Waals surface area contributed by atoms with Crippen LogP contribution in [0.4, 0.5) is 0 Å². The summed E-state index contributed by atoms with van der Waals surface area (Å²) < 4.78 is 4.47. The molecule has 1 aromatic carbocycles. The van der Waals surface area contributed by atoms with Gasteiger partial charge < -0.3 is 0 Å². The number of aryl methyl sites for hydroxylation is 1. The van der Waals surface area contributed by atoms with Gasteiger partial charge >= 0.3 is 0 Å².